The van der Waals surface area contributed by atoms with Gasteiger partial charge in [0, 0.05) is 5.39 Å². The van der Waals surface area contributed by atoms with Crippen LogP contribution < -0.4 is 11.1 Å². The summed E-state index contributed by atoms with van der Waals surface area (Å²) in [6.45, 7) is 0. The number of nitrogen functional groups attached to an aromatic ring is 1. The van der Waals surface area contributed by atoms with Crippen molar-refractivity contribution in [1.29, 1.82) is 0 Å². The van der Waals surface area contributed by atoms with E-state index in [0.29, 0.717) is 11.4 Å². The molecule has 1 saturated carbocycles. The standard InChI is InChI=1S/C15H19N3O2/c16-10-5-3-4-9-8-12(17-14(9)10)15(20)18-11-6-1-2-7-13(11)19/h3-5,8,11,13,17,19H,1-2,6-7,16H2,(H,18,20). The van der Waals surface area contributed by atoms with E-state index in [0.717, 1.165) is 36.6 Å². The monoisotopic (exact) mass is 273 g/mol. The van der Waals surface area contributed by atoms with Crippen LogP contribution in [0.25, 0.3) is 10.9 Å². The summed E-state index contributed by atoms with van der Waals surface area (Å²) in [7, 11) is 0. The third-order valence-electron chi connectivity index (χ3n) is 3.98. The van der Waals surface area contributed by atoms with Crippen LogP contribution in [0.1, 0.15) is 36.2 Å². The van der Waals surface area contributed by atoms with Crippen LogP contribution in [0.4, 0.5) is 5.69 Å². The molecule has 2 atom stereocenters. The number of amides is 1. The number of nitrogens with two attached hydrogens (primary N) is 1. The normalized spacial score (nSPS) is 22.9. The van der Waals surface area contributed by atoms with E-state index in [1.54, 1.807) is 12.1 Å². The number of carbonyl (C=O) groups is 1. The molecule has 1 fully saturated rings. The number of aliphatic hydroxyl groups excluding tert-OH is 1. The fourth-order valence-electron chi connectivity index (χ4n) is 2.83. The minimum atomic E-state index is -0.442. The van der Waals surface area contributed by atoms with Crippen molar-refractivity contribution >= 4 is 22.5 Å². The molecular formula is C15H19N3O2. The predicted molar refractivity (Wildman–Crippen MR) is 78.4 cm³/mol. The number of hydrogen-bond donors (Lipinski definition) is 4. The van der Waals surface area contributed by atoms with Gasteiger partial charge in [0.25, 0.3) is 5.91 Å². The molecule has 0 bridgehead atoms. The van der Waals surface area contributed by atoms with Gasteiger partial charge in [-0.05, 0) is 25.0 Å². The highest BCUT2D eigenvalue weighted by Gasteiger charge is 2.25. The number of aliphatic hydroxyl groups is 1. The first-order valence-electron chi connectivity index (χ1n) is 7.01. The Morgan fingerprint density at radius 1 is 1.35 bits per heavy atom. The van der Waals surface area contributed by atoms with Crippen molar-refractivity contribution in [1.82, 2.24) is 10.3 Å². The molecule has 0 saturated heterocycles. The van der Waals surface area contributed by atoms with Crippen LogP contribution in [-0.4, -0.2) is 28.1 Å². The Kier molecular flexibility index (Phi) is 3.36. The summed E-state index contributed by atoms with van der Waals surface area (Å²) >= 11 is 0. The van der Waals surface area contributed by atoms with E-state index in [-0.39, 0.29) is 11.9 Å². The minimum absolute atomic E-state index is 0.153. The van der Waals surface area contributed by atoms with Gasteiger partial charge in [0.1, 0.15) is 5.69 Å². The summed E-state index contributed by atoms with van der Waals surface area (Å²) in [6, 6.07) is 7.20. The number of fused-ring (bicyclic) bond motifs is 1. The van der Waals surface area contributed by atoms with Gasteiger partial charge in [-0.15, -0.1) is 0 Å². The van der Waals surface area contributed by atoms with E-state index < -0.39 is 6.10 Å². The van der Waals surface area contributed by atoms with Crippen molar-refractivity contribution in [3.05, 3.63) is 30.0 Å². The molecular weight excluding hydrogens is 254 g/mol. The number of carbonyl (C=O) groups excluding carboxylic acids is 1. The Bertz CT molecular complexity index is 635. The summed E-state index contributed by atoms with van der Waals surface area (Å²) < 4.78 is 0. The first kappa shape index (κ1) is 13.0. The quantitative estimate of drug-likeness (QED) is 0.629. The van der Waals surface area contributed by atoms with Gasteiger partial charge in [-0.2, -0.15) is 0 Å². The molecule has 5 N–H and O–H groups in total. The number of para-hydroxylation sites is 1. The van der Waals surface area contributed by atoms with Crippen LogP contribution in [0.2, 0.25) is 0 Å². The number of anilines is 1. The first-order chi connectivity index (χ1) is 9.65. The summed E-state index contributed by atoms with van der Waals surface area (Å²) in [5, 5.41) is 13.7. The second kappa shape index (κ2) is 5.17. The first-order valence-corrected chi connectivity index (χ1v) is 7.01. The third-order valence-corrected chi connectivity index (χ3v) is 3.98. The highest BCUT2D eigenvalue weighted by atomic mass is 16.3. The maximum absolute atomic E-state index is 12.2. The third kappa shape index (κ3) is 2.36. The van der Waals surface area contributed by atoms with E-state index in [1.165, 1.54) is 0 Å². The number of aromatic nitrogens is 1. The van der Waals surface area contributed by atoms with Gasteiger partial charge in [-0.25, -0.2) is 0 Å². The van der Waals surface area contributed by atoms with E-state index >= 15 is 0 Å². The molecule has 1 aliphatic carbocycles. The Labute approximate surface area is 117 Å². The minimum Gasteiger partial charge on any atom is -0.397 e. The van der Waals surface area contributed by atoms with Crippen molar-refractivity contribution in [2.45, 2.75) is 37.8 Å². The van der Waals surface area contributed by atoms with E-state index in [1.807, 2.05) is 12.1 Å². The van der Waals surface area contributed by atoms with Crippen LogP contribution in [0.15, 0.2) is 24.3 Å². The molecule has 5 nitrogen and oxygen atoms in total. The molecule has 2 aromatic rings. The van der Waals surface area contributed by atoms with Crippen molar-refractivity contribution in [3.63, 3.8) is 0 Å². The zero-order valence-corrected chi connectivity index (χ0v) is 11.2. The number of hydrogen-bond acceptors (Lipinski definition) is 3. The molecule has 106 valence electrons. The molecule has 1 aromatic carbocycles. The van der Waals surface area contributed by atoms with Crippen LogP contribution >= 0.6 is 0 Å². The van der Waals surface area contributed by atoms with Crippen molar-refractivity contribution in [3.8, 4) is 0 Å². The lowest BCUT2D eigenvalue weighted by Crippen LogP contribution is -2.45. The van der Waals surface area contributed by atoms with Gasteiger partial charge >= 0.3 is 0 Å². The maximum atomic E-state index is 12.2. The molecule has 1 aromatic heterocycles. The number of benzene rings is 1. The van der Waals surface area contributed by atoms with Gasteiger partial charge in [0.15, 0.2) is 0 Å². The Hall–Kier alpha value is -2.01. The molecule has 0 radical (unpaired) electrons. The fraction of sp³-hybridized carbons (Fsp3) is 0.400. The lowest BCUT2D eigenvalue weighted by atomic mass is 9.92. The summed E-state index contributed by atoms with van der Waals surface area (Å²) in [4.78, 5) is 15.3. The van der Waals surface area contributed by atoms with Crippen LogP contribution in [0, 0.1) is 0 Å². The lowest BCUT2D eigenvalue weighted by Gasteiger charge is -2.28. The number of nitrogens with one attached hydrogen (secondary N) is 2. The highest BCUT2D eigenvalue weighted by molar-refractivity contribution is 6.00. The second-order valence-corrected chi connectivity index (χ2v) is 5.43. The molecule has 0 aliphatic heterocycles. The van der Waals surface area contributed by atoms with E-state index in [4.69, 9.17) is 5.73 Å². The van der Waals surface area contributed by atoms with Gasteiger partial charge in [-0.1, -0.05) is 25.0 Å². The molecule has 1 heterocycles. The number of aromatic amines is 1. The lowest BCUT2D eigenvalue weighted by molar-refractivity contribution is 0.0714. The molecule has 1 aliphatic rings. The van der Waals surface area contributed by atoms with Crippen LogP contribution in [0.3, 0.4) is 0 Å². The van der Waals surface area contributed by atoms with Gasteiger partial charge in [0.05, 0.1) is 23.3 Å². The fourth-order valence-corrected chi connectivity index (χ4v) is 2.83. The van der Waals surface area contributed by atoms with E-state index in [9.17, 15) is 9.90 Å². The van der Waals surface area contributed by atoms with Gasteiger partial charge < -0.3 is 21.1 Å². The van der Waals surface area contributed by atoms with Crippen LogP contribution in [0.5, 0.6) is 0 Å². The average molecular weight is 273 g/mol. The summed E-state index contributed by atoms with van der Waals surface area (Å²) in [6.07, 6.45) is 3.21. The van der Waals surface area contributed by atoms with Crippen molar-refractivity contribution < 1.29 is 9.90 Å². The zero-order valence-electron chi connectivity index (χ0n) is 11.2. The summed E-state index contributed by atoms with van der Waals surface area (Å²) in [5.41, 5.74) is 7.76. The SMILES string of the molecule is Nc1cccc2cc(C(=O)NC3CCCCC3O)[nH]c12. The van der Waals surface area contributed by atoms with E-state index in [2.05, 4.69) is 10.3 Å². The molecule has 0 spiro atoms. The van der Waals surface area contributed by atoms with Crippen molar-refractivity contribution in [2.75, 3.05) is 5.73 Å². The highest BCUT2D eigenvalue weighted by Crippen LogP contribution is 2.22. The average Bonchev–Trinajstić information content (AvgIpc) is 2.87. The Morgan fingerprint density at radius 3 is 2.90 bits per heavy atom. The van der Waals surface area contributed by atoms with Gasteiger partial charge in [-0.3, -0.25) is 4.79 Å². The molecule has 2 unspecified atom stereocenters. The Balaban J connectivity index is 1.80. The number of H-pyrrole nitrogens is 1. The predicted octanol–water partition coefficient (Wildman–Crippen LogP) is 1.78. The summed E-state index contributed by atoms with van der Waals surface area (Å²) in [5.74, 6) is -0.188. The second-order valence-electron chi connectivity index (χ2n) is 5.43. The topological polar surface area (TPSA) is 91.1 Å². The smallest absolute Gasteiger partial charge is 0.268 e. The van der Waals surface area contributed by atoms with Gasteiger partial charge in [0.2, 0.25) is 0 Å². The number of rotatable bonds is 2. The zero-order chi connectivity index (χ0) is 14.1. The molecule has 20 heavy (non-hydrogen) atoms. The Morgan fingerprint density at radius 2 is 2.15 bits per heavy atom. The maximum Gasteiger partial charge on any atom is 0.268 e. The largest absolute Gasteiger partial charge is 0.397 e. The van der Waals surface area contributed by atoms with Crippen LogP contribution in [-0.2, 0) is 0 Å². The van der Waals surface area contributed by atoms with Crippen molar-refractivity contribution in [2.24, 2.45) is 0 Å². The molecule has 5 heteroatoms. The molecule has 3 rings (SSSR count). The molecule has 1 amide bonds.